The van der Waals surface area contributed by atoms with Gasteiger partial charge in [-0.1, -0.05) is 12.1 Å². The molecule has 23 heavy (non-hydrogen) atoms. The van der Waals surface area contributed by atoms with Gasteiger partial charge in [0.15, 0.2) is 0 Å². The van der Waals surface area contributed by atoms with Gasteiger partial charge in [0.1, 0.15) is 11.4 Å². The zero-order valence-electron chi connectivity index (χ0n) is 13.8. The van der Waals surface area contributed by atoms with Crippen molar-refractivity contribution in [2.75, 3.05) is 12.9 Å². The SMILES string of the molecule is COc1ccc(CSC[C@H](NC(=O)OC(C)(C)C)C(=O)[O-])cc1. The summed E-state index contributed by atoms with van der Waals surface area (Å²) in [4.78, 5) is 22.7. The molecule has 0 aliphatic rings. The van der Waals surface area contributed by atoms with E-state index in [2.05, 4.69) is 5.32 Å². The van der Waals surface area contributed by atoms with E-state index in [1.54, 1.807) is 27.9 Å². The molecule has 0 radical (unpaired) electrons. The molecule has 1 amide bonds. The number of rotatable bonds is 7. The summed E-state index contributed by atoms with van der Waals surface area (Å²) in [6.45, 7) is 5.12. The van der Waals surface area contributed by atoms with Crippen molar-refractivity contribution in [1.82, 2.24) is 5.32 Å². The van der Waals surface area contributed by atoms with Crippen LogP contribution in [0.3, 0.4) is 0 Å². The van der Waals surface area contributed by atoms with Gasteiger partial charge in [0.25, 0.3) is 0 Å². The maximum atomic E-state index is 11.6. The first-order valence-electron chi connectivity index (χ1n) is 7.12. The molecule has 6 nitrogen and oxygen atoms in total. The summed E-state index contributed by atoms with van der Waals surface area (Å²) >= 11 is 1.38. The second kappa shape index (κ2) is 8.67. The molecule has 0 aromatic heterocycles. The Bertz CT molecular complexity index is 524. The lowest BCUT2D eigenvalue weighted by molar-refractivity contribution is -0.307. The Morgan fingerprint density at radius 3 is 2.35 bits per heavy atom. The average molecular weight is 340 g/mol. The van der Waals surface area contributed by atoms with Crippen molar-refractivity contribution in [2.24, 2.45) is 0 Å². The third-order valence-electron chi connectivity index (χ3n) is 2.69. The summed E-state index contributed by atoms with van der Waals surface area (Å²) in [5.74, 6) is 0.230. The number of nitrogens with one attached hydrogen (secondary N) is 1. The zero-order valence-corrected chi connectivity index (χ0v) is 14.6. The Labute approximate surface area is 140 Å². The highest BCUT2D eigenvalue weighted by Crippen LogP contribution is 2.17. The number of methoxy groups -OCH3 is 1. The van der Waals surface area contributed by atoms with Gasteiger partial charge in [0, 0.05) is 11.5 Å². The van der Waals surface area contributed by atoms with Crippen LogP contribution in [-0.4, -0.2) is 36.6 Å². The molecule has 0 spiro atoms. The molecule has 0 unspecified atom stereocenters. The summed E-state index contributed by atoms with van der Waals surface area (Å²) < 4.78 is 10.1. The maximum absolute atomic E-state index is 11.6. The molecule has 1 aromatic carbocycles. The van der Waals surface area contributed by atoms with Gasteiger partial charge in [-0.15, -0.1) is 0 Å². The minimum atomic E-state index is -1.34. The number of carbonyl (C=O) groups is 2. The van der Waals surface area contributed by atoms with Gasteiger partial charge < -0.3 is 24.7 Å². The summed E-state index contributed by atoms with van der Waals surface area (Å²) in [7, 11) is 1.59. The van der Waals surface area contributed by atoms with Gasteiger partial charge >= 0.3 is 6.09 Å². The number of carboxylic acids is 1. The number of aliphatic carboxylic acids is 1. The highest BCUT2D eigenvalue weighted by Gasteiger charge is 2.20. The van der Waals surface area contributed by atoms with Crippen LogP contribution in [0.1, 0.15) is 26.3 Å². The largest absolute Gasteiger partial charge is 0.548 e. The smallest absolute Gasteiger partial charge is 0.408 e. The Balaban J connectivity index is 2.46. The fourth-order valence-corrected chi connectivity index (χ4v) is 2.64. The number of amides is 1. The standard InChI is InChI=1S/C16H23NO5S/c1-16(2,3)22-15(20)17-13(14(18)19)10-23-9-11-5-7-12(21-4)8-6-11/h5-8,13H,9-10H2,1-4H3,(H,17,20)(H,18,19)/p-1/t13-/m0/s1. The van der Waals surface area contributed by atoms with Gasteiger partial charge in [-0.25, -0.2) is 4.79 Å². The van der Waals surface area contributed by atoms with Crippen LogP contribution in [0.2, 0.25) is 0 Å². The van der Waals surface area contributed by atoms with Crippen molar-refractivity contribution in [3.05, 3.63) is 29.8 Å². The fraction of sp³-hybridized carbons (Fsp3) is 0.500. The van der Waals surface area contributed by atoms with E-state index < -0.39 is 23.7 Å². The number of benzene rings is 1. The minimum absolute atomic E-state index is 0.188. The normalized spacial score (nSPS) is 12.3. The highest BCUT2D eigenvalue weighted by molar-refractivity contribution is 7.98. The Hall–Kier alpha value is -1.89. The number of hydrogen-bond donors (Lipinski definition) is 1. The van der Waals surface area contributed by atoms with Crippen molar-refractivity contribution in [2.45, 2.75) is 38.2 Å². The van der Waals surface area contributed by atoms with E-state index in [1.807, 2.05) is 24.3 Å². The predicted molar refractivity (Wildman–Crippen MR) is 87.3 cm³/mol. The molecule has 0 aliphatic carbocycles. The Morgan fingerprint density at radius 2 is 1.87 bits per heavy atom. The molecule has 0 bridgehead atoms. The zero-order chi connectivity index (χ0) is 17.5. The predicted octanol–water partition coefficient (Wildman–Crippen LogP) is 1.57. The Morgan fingerprint density at radius 1 is 1.26 bits per heavy atom. The van der Waals surface area contributed by atoms with E-state index >= 15 is 0 Å². The molecule has 0 aliphatic heterocycles. The van der Waals surface area contributed by atoms with E-state index in [0.29, 0.717) is 5.75 Å². The third kappa shape index (κ3) is 7.78. The van der Waals surface area contributed by atoms with E-state index in [4.69, 9.17) is 9.47 Å². The second-order valence-electron chi connectivity index (χ2n) is 5.88. The van der Waals surface area contributed by atoms with E-state index in [0.717, 1.165) is 11.3 Å². The van der Waals surface area contributed by atoms with E-state index in [9.17, 15) is 14.7 Å². The molecular formula is C16H22NO5S-. The van der Waals surface area contributed by atoms with Crippen LogP contribution in [0.5, 0.6) is 5.75 Å². The number of ether oxygens (including phenoxy) is 2. The lowest BCUT2D eigenvalue weighted by atomic mass is 10.2. The number of carbonyl (C=O) groups excluding carboxylic acids is 2. The number of thioether (sulfide) groups is 1. The molecule has 1 atom stereocenters. The van der Waals surface area contributed by atoms with Gasteiger partial charge in [-0.05, 0) is 38.5 Å². The molecule has 1 N–H and O–H groups in total. The molecule has 0 heterocycles. The first-order chi connectivity index (χ1) is 10.7. The first-order valence-corrected chi connectivity index (χ1v) is 8.28. The van der Waals surface area contributed by atoms with Crippen LogP contribution >= 0.6 is 11.8 Å². The van der Waals surface area contributed by atoms with Crippen LogP contribution in [-0.2, 0) is 15.3 Å². The molecule has 0 saturated heterocycles. The second-order valence-corrected chi connectivity index (χ2v) is 6.91. The number of alkyl carbamates (subject to hydrolysis) is 1. The monoisotopic (exact) mass is 340 g/mol. The Kier molecular flexibility index (Phi) is 7.22. The number of carboxylic acid groups (broad SMARTS) is 1. The summed E-state index contributed by atoms with van der Waals surface area (Å²) in [6, 6.07) is 6.38. The topological polar surface area (TPSA) is 87.7 Å². The molecular weight excluding hydrogens is 318 g/mol. The quantitative estimate of drug-likeness (QED) is 0.811. The van der Waals surface area contributed by atoms with Crippen molar-refractivity contribution < 1.29 is 24.2 Å². The minimum Gasteiger partial charge on any atom is -0.548 e. The van der Waals surface area contributed by atoms with Gasteiger partial charge in [0.05, 0.1) is 19.1 Å². The van der Waals surface area contributed by atoms with Crippen LogP contribution in [0, 0.1) is 0 Å². The number of hydrogen-bond acceptors (Lipinski definition) is 6. The molecule has 128 valence electrons. The van der Waals surface area contributed by atoms with Crippen LogP contribution in [0.4, 0.5) is 4.79 Å². The molecule has 7 heteroatoms. The first kappa shape index (κ1) is 19.2. The highest BCUT2D eigenvalue weighted by atomic mass is 32.2. The summed E-state index contributed by atoms with van der Waals surface area (Å²) in [5.41, 5.74) is 0.349. The van der Waals surface area contributed by atoms with Crippen molar-refractivity contribution in [3.8, 4) is 5.75 Å². The van der Waals surface area contributed by atoms with Crippen LogP contribution in [0.25, 0.3) is 0 Å². The average Bonchev–Trinajstić information content (AvgIpc) is 2.44. The van der Waals surface area contributed by atoms with Crippen molar-refractivity contribution >= 4 is 23.8 Å². The lowest BCUT2D eigenvalue weighted by Gasteiger charge is -2.24. The lowest BCUT2D eigenvalue weighted by Crippen LogP contribution is -2.50. The van der Waals surface area contributed by atoms with Crippen LogP contribution < -0.4 is 15.2 Å². The van der Waals surface area contributed by atoms with Crippen LogP contribution in [0.15, 0.2) is 24.3 Å². The van der Waals surface area contributed by atoms with Gasteiger partial charge in [0.2, 0.25) is 0 Å². The van der Waals surface area contributed by atoms with E-state index in [-0.39, 0.29) is 5.75 Å². The molecule has 1 rings (SSSR count). The molecule has 0 saturated carbocycles. The molecule has 0 fully saturated rings. The van der Waals surface area contributed by atoms with Gasteiger partial charge in [-0.3, -0.25) is 0 Å². The van der Waals surface area contributed by atoms with E-state index in [1.165, 1.54) is 11.8 Å². The third-order valence-corrected chi connectivity index (χ3v) is 3.79. The summed E-state index contributed by atoms with van der Waals surface area (Å²) in [5, 5.41) is 13.4. The summed E-state index contributed by atoms with van der Waals surface area (Å²) in [6.07, 6.45) is -0.767. The molecule has 1 aromatic rings. The fourth-order valence-electron chi connectivity index (χ4n) is 1.63. The maximum Gasteiger partial charge on any atom is 0.408 e. The van der Waals surface area contributed by atoms with Crippen molar-refractivity contribution in [1.29, 1.82) is 0 Å². The van der Waals surface area contributed by atoms with Crippen molar-refractivity contribution in [3.63, 3.8) is 0 Å². The van der Waals surface area contributed by atoms with Gasteiger partial charge in [-0.2, -0.15) is 11.8 Å².